The molecular formula is C17H37NO7. The summed E-state index contributed by atoms with van der Waals surface area (Å²) < 4.78 is 37.1. The normalized spacial score (nSPS) is 11.5. The van der Waals surface area contributed by atoms with Crippen LogP contribution in [0.3, 0.4) is 0 Å². The number of hydrogen-bond donors (Lipinski definition) is 0. The maximum absolute atomic E-state index is 5.42. The highest BCUT2D eigenvalue weighted by atomic mass is 16.6. The minimum absolute atomic E-state index is 0.557. The summed E-state index contributed by atoms with van der Waals surface area (Å²) in [5, 5.41) is 0. The first-order valence-corrected chi connectivity index (χ1v) is 8.87. The van der Waals surface area contributed by atoms with E-state index in [1.54, 1.807) is 7.11 Å². The standard InChI is InChI=1S/C17H37NO7/c1-18(2)4-5-20-8-9-22-12-13-24-16-17-25-15-14-23-11-10-21-7-6-19-3/h4-17H2,1-3H3. The van der Waals surface area contributed by atoms with E-state index in [4.69, 9.17) is 33.2 Å². The molecule has 0 aromatic heterocycles. The maximum atomic E-state index is 5.42. The van der Waals surface area contributed by atoms with Crippen molar-refractivity contribution in [2.24, 2.45) is 0 Å². The summed E-state index contributed by atoms with van der Waals surface area (Å²) in [7, 11) is 5.70. The zero-order valence-corrected chi connectivity index (χ0v) is 16.2. The molecule has 8 heteroatoms. The van der Waals surface area contributed by atoms with Crippen molar-refractivity contribution in [2.45, 2.75) is 0 Å². The molecule has 25 heavy (non-hydrogen) atoms. The van der Waals surface area contributed by atoms with Crippen molar-refractivity contribution in [1.82, 2.24) is 4.90 Å². The van der Waals surface area contributed by atoms with E-state index in [1.165, 1.54) is 0 Å². The molecule has 0 saturated carbocycles. The molecule has 0 aromatic rings. The summed E-state index contributed by atoms with van der Waals surface area (Å²) in [6.45, 7) is 8.60. The quantitative estimate of drug-likeness (QED) is 0.268. The zero-order valence-electron chi connectivity index (χ0n) is 16.2. The first-order chi connectivity index (χ1) is 12.3. The molecule has 0 aliphatic rings. The Morgan fingerprint density at radius 3 is 1.00 bits per heavy atom. The van der Waals surface area contributed by atoms with Crippen molar-refractivity contribution in [3.05, 3.63) is 0 Å². The molecule has 0 bridgehead atoms. The van der Waals surface area contributed by atoms with Crippen molar-refractivity contribution in [3.8, 4) is 0 Å². The van der Waals surface area contributed by atoms with Gasteiger partial charge in [0.15, 0.2) is 0 Å². The van der Waals surface area contributed by atoms with E-state index in [1.807, 2.05) is 14.1 Å². The Hall–Kier alpha value is -0.320. The van der Waals surface area contributed by atoms with Crippen LogP contribution in [0.5, 0.6) is 0 Å². The Balaban J connectivity index is 2.96. The number of methoxy groups -OCH3 is 1. The molecular weight excluding hydrogens is 330 g/mol. The van der Waals surface area contributed by atoms with Gasteiger partial charge in [0.2, 0.25) is 0 Å². The molecule has 0 amide bonds. The molecule has 0 saturated heterocycles. The van der Waals surface area contributed by atoms with Gasteiger partial charge in [0.1, 0.15) is 0 Å². The second kappa shape index (κ2) is 21.7. The van der Waals surface area contributed by atoms with Gasteiger partial charge in [-0.3, -0.25) is 0 Å². The fraction of sp³-hybridized carbons (Fsp3) is 1.00. The second-order valence-electron chi connectivity index (χ2n) is 5.47. The van der Waals surface area contributed by atoms with Gasteiger partial charge in [-0.15, -0.1) is 0 Å². The lowest BCUT2D eigenvalue weighted by Gasteiger charge is -2.10. The summed E-state index contributed by atoms with van der Waals surface area (Å²) >= 11 is 0. The van der Waals surface area contributed by atoms with Crippen molar-refractivity contribution < 1.29 is 33.2 Å². The Kier molecular flexibility index (Phi) is 21.4. The lowest BCUT2D eigenvalue weighted by molar-refractivity contribution is -0.0194. The van der Waals surface area contributed by atoms with Crippen molar-refractivity contribution >= 4 is 0 Å². The summed E-state index contributed by atoms with van der Waals surface area (Å²) in [5.41, 5.74) is 0. The van der Waals surface area contributed by atoms with E-state index >= 15 is 0 Å². The van der Waals surface area contributed by atoms with Gasteiger partial charge in [-0.05, 0) is 14.1 Å². The molecule has 0 aliphatic heterocycles. The summed E-state index contributed by atoms with van der Waals surface area (Å²) in [6, 6.07) is 0. The molecule has 0 radical (unpaired) electrons. The lowest BCUT2D eigenvalue weighted by Crippen LogP contribution is -2.19. The van der Waals surface area contributed by atoms with E-state index in [9.17, 15) is 0 Å². The summed E-state index contributed by atoms with van der Waals surface area (Å²) in [4.78, 5) is 2.09. The number of rotatable bonds is 21. The van der Waals surface area contributed by atoms with Gasteiger partial charge in [0.25, 0.3) is 0 Å². The van der Waals surface area contributed by atoms with Crippen LogP contribution in [0.25, 0.3) is 0 Å². The minimum Gasteiger partial charge on any atom is -0.382 e. The van der Waals surface area contributed by atoms with Crippen molar-refractivity contribution in [2.75, 3.05) is 114 Å². The molecule has 0 rings (SSSR count). The Morgan fingerprint density at radius 1 is 0.440 bits per heavy atom. The van der Waals surface area contributed by atoms with Gasteiger partial charge in [-0.25, -0.2) is 0 Å². The largest absolute Gasteiger partial charge is 0.382 e. The second-order valence-corrected chi connectivity index (χ2v) is 5.47. The number of likely N-dealkylation sites (N-methyl/N-ethyl adjacent to an activating group) is 1. The van der Waals surface area contributed by atoms with Gasteiger partial charge in [-0.2, -0.15) is 0 Å². The molecule has 0 atom stereocenters. The van der Waals surface area contributed by atoms with Crippen LogP contribution >= 0.6 is 0 Å². The molecule has 152 valence electrons. The monoisotopic (exact) mass is 367 g/mol. The van der Waals surface area contributed by atoms with E-state index in [2.05, 4.69) is 4.90 Å². The third-order valence-corrected chi connectivity index (χ3v) is 2.97. The van der Waals surface area contributed by atoms with Gasteiger partial charge >= 0.3 is 0 Å². The van der Waals surface area contributed by atoms with Crippen LogP contribution in [-0.4, -0.2) is 119 Å². The van der Waals surface area contributed by atoms with E-state index in [-0.39, 0.29) is 0 Å². The topological polar surface area (TPSA) is 67.9 Å². The Morgan fingerprint density at radius 2 is 0.720 bits per heavy atom. The Bertz CT molecular complexity index is 245. The average molecular weight is 367 g/mol. The zero-order chi connectivity index (χ0) is 18.4. The molecule has 0 unspecified atom stereocenters. The maximum Gasteiger partial charge on any atom is 0.0701 e. The third-order valence-electron chi connectivity index (χ3n) is 2.97. The van der Waals surface area contributed by atoms with Crippen molar-refractivity contribution in [1.29, 1.82) is 0 Å². The van der Waals surface area contributed by atoms with Crippen molar-refractivity contribution in [3.63, 3.8) is 0 Å². The van der Waals surface area contributed by atoms with Crippen LogP contribution < -0.4 is 0 Å². The molecule has 0 fully saturated rings. The van der Waals surface area contributed by atoms with E-state index < -0.39 is 0 Å². The van der Waals surface area contributed by atoms with Gasteiger partial charge < -0.3 is 38.1 Å². The summed E-state index contributed by atoms with van der Waals surface area (Å²) in [5.74, 6) is 0. The van der Waals surface area contributed by atoms with E-state index in [0.717, 1.165) is 13.2 Å². The molecule has 0 heterocycles. The fourth-order valence-electron chi connectivity index (χ4n) is 1.59. The highest BCUT2D eigenvalue weighted by Crippen LogP contribution is 1.85. The number of nitrogens with zero attached hydrogens (tertiary/aromatic N) is 1. The fourth-order valence-corrected chi connectivity index (χ4v) is 1.59. The number of ether oxygens (including phenoxy) is 7. The van der Waals surface area contributed by atoms with Crippen LogP contribution in [-0.2, 0) is 33.2 Å². The van der Waals surface area contributed by atoms with Gasteiger partial charge in [0, 0.05) is 13.7 Å². The van der Waals surface area contributed by atoms with Gasteiger partial charge in [0.05, 0.1) is 85.9 Å². The molecule has 0 spiro atoms. The minimum atomic E-state index is 0.557. The predicted octanol–water partition coefficient (Wildman–Crippen LogP) is 0.294. The number of hydrogen-bond acceptors (Lipinski definition) is 8. The molecule has 0 aliphatic carbocycles. The van der Waals surface area contributed by atoms with E-state index in [0.29, 0.717) is 79.3 Å². The molecule has 0 N–H and O–H groups in total. The highest BCUT2D eigenvalue weighted by molar-refractivity contribution is 4.40. The lowest BCUT2D eigenvalue weighted by atomic mass is 10.6. The first-order valence-electron chi connectivity index (χ1n) is 8.87. The smallest absolute Gasteiger partial charge is 0.0701 e. The van der Waals surface area contributed by atoms with Crippen LogP contribution in [0.15, 0.2) is 0 Å². The van der Waals surface area contributed by atoms with Crippen LogP contribution in [0.2, 0.25) is 0 Å². The van der Waals surface area contributed by atoms with Crippen LogP contribution in [0.1, 0.15) is 0 Å². The third kappa shape index (κ3) is 23.7. The van der Waals surface area contributed by atoms with Gasteiger partial charge in [-0.1, -0.05) is 0 Å². The summed E-state index contributed by atoms with van der Waals surface area (Å²) in [6.07, 6.45) is 0. The Labute approximate surface area is 152 Å². The predicted molar refractivity (Wildman–Crippen MR) is 95.3 cm³/mol. The average Bonchev–Trinajstić information content (AvgIpc) is 2.60. The molecule has 8 nitrogen and oxygen atoms in total. The first kappa shape index (κ1) is 24.7. The van der Waals surface area contributed by atoms with Crippen LogP contribution in [0.4, 0.5) is 0 Å². The SMILES string of the molecule is COCCOCCOCCOCCOCCOCCOCCN(C)C. The van der Waals surface area contributed by atoms with Crippen LogP contribution in [0, 0.1) is 0 Å². The molecule has 0 aromatic carbocycles. The highest BCUT2D eigenvalue weighted by Gasteiger charge is 1.94.